The summed E-state index contributed by atoms with van der Waals surface area (Å²) in [6.07, 6.45) is 5.08. The standard InChI is InChI=1S/C3H4N2.C2H7N.BrH/c1-2-5-3-4-1;1-3-2;/h1-3H,(H,4,5);3H,1-2H3;1H. The van der Waals surface area contributed by atoms with E-state index in [9.17, 15) is 0 Å². The molecule has 0 saturated heterocycles. The first kappa shape index (κ1) is 11.4. The van der Waals surface area contributed by atoms with Gasteiger partial charge in [0.1, 0.15) is 0 Å². The van der Waals surface area contributed by atoms with Crippen LogP contribution in [0.1, 0.15) is 0 Å². The zero-order chi connectivity index (χ0) is 6.24. The van der Waals surface area contributed by atoms with Gasteiger partial charge in [0, 0.05) is 12.4 Å². The van der Waals surface area contributed by atoms with Crippen LogP contribution in [0.15, 0.2) is 18.7 Å². The lowest BCUT2D eigenvalue weighted by Crippen LogP contribution is -1.89. The van der Waals surface area contributed by atoms with E-state index in [2.05, 4.69) is 15.3 Å². The molecule has 54 valence electrons. The van der Waals surface area contributed by atoms with Crippen LogP contribution in [0.25, 0.3) is 0 Å². The van der Waals surface area contributed by atoms with Crippen LogP contribution in [0.5, 0.6) is 0 Å². The van der Waals surface area contributed by atoms with Gasteiger partial charge in [-0.2, -0.15) is 0 Å². The van der Waals surface area contributed by atoms with Gasteiger partial charge in [0.05, 0.1) is 6.33 Å². The van der Waals surface area contributed by atoms with Gasteiger partial charge < -0.3 is 10.3 Å². The van der Waals surface area contributed by atoms with Gasteiger partial charge in [-0.25, -0.2) is 4.98 Å². The molecule has 0 saturated carbocycles. The number of aromatic amines is 1. The Hall–Kier alpha value is -0.350. The zero-order valence-electron chi connectivity index (χ0n) is 5.59. The molecule has 1 rings (SSSR count). The molecule has 1 aromatic heterocycles. The van der Waals surface area contributed by atoms with Crippen molar-refractivity contribution >= 4 is 17.0 Å². The highest BCUT2D eigenvalue weighted by atomic mass is 79.9. The number of imidazole rings is 1. The first-order valence-corrected chi connectivity index (χ1v) is 2.43. The summed E-state index contributed by atoms with van der Waals surface area (Å²) in [6.45, 7) is 0. The molecule has 3 nitrogen and oxygen atoms in total. The SMILES string of the molecule is Br.CNC.c1c[nH]cn1. The summed E-state index contributed by atoms with van der Waals surface area (Å²) in [7, 11) is 3.75. The first-order valence-electron chi connectivity index (χ1n) is 2.43. The maximum atomic E-state index is 3.67. The van der Waals surface area contributed by atoms with Gasteiger partial charge >= 0.3 is 0 Å². The van der Waals surface area contributed by atoms with Crippen molar-refractivity contribution < 1.29 is 0 Å². The maximum absolute atomic E-state index is 3.67. The third kappa shape index (κ3) is 11.3. The summed E-state index contributed by atoms with van der Waals surface area (Å²) in [5.41, 5.74) is 0. The van der Waals surface area contributed by atoms with E-state index in [1.165, 1.54) is 0 Å². The Morgan fingerprint density at radius 3 is 2.11 bits per heavy atom. The maximum Gasteiger partial charge on any atom is 0.0919 e. The smallest absolute Gasteiger partial charge is 0.0919 e. The third-order valence-corrected chi connectivity index (χ3v) is 0.406. The molecule has 0 aliphatic carbocycles. The monoisotopic (exact) mass is 193 g/mol. The van der Waals surface area contributed by atoms with E-state index in [1.54, 1.807) is 18.7 Å². The van der Waals surface area contributed by atoms with Crippen LogP contribution in [0, 0.1) is 0 Å². The Kier molecular flexibility index (Phi) is 13.5. The van der Waals surface area contributed by atoms with Crippen molar-refractivity contribution in [1.29, 1.82) is 0 Å². The number of aromatic nitrogens is 2. The predicted octanol–water partition coefficient (Wildman–Crippen LogP) is 0.823. The lowest BCUT2D eigenvalue weighted by atomic mass is 11.0. The van der Waals surface area contributed by atoms with Gasteiger partial charge in [-0.3, -0.25) is 0 Å². The second-order valence-electron chi connectivity index (χ2n) is 1.26. The van der Waals surface area contributed by atoms with E-state index in [0.29, 0.717) is 0 Å². The number of nitrogens with zero attached hydrogens (tertiary/aromatic N) is 1. The fraction of sp³-hybridized carbons (Fsp3) is 0.400. The average Bonchev–Trinajstić information content (AvgIpc) is 2.17. The van der Waals surface area contributed by atoms with E-state index in [1.807, 2.05) is 14.1 Å². The molecular formula is C5H12BrN3. The summed E-state index contributed by atoms with van der Waals surface area (Å²) in [5, 5.41) is 2.75. The highest BCUT2D eigenvalue weighted by Gasteiger charge is 1.56. The minimum atomic E-state index is 0. The fourth-order valence-corrected chi connectivity index (χ4v) is 0.215. The number of hydrogen-bond acceptors (Lipinski definition) is 2. The molecule has 4 heteroatoms. The summed E-state index contributed by atoms with van der Waals surface area (Å²) < 4.78 is 0. The van der Waals surface area contributed by atoms with E-state index in [0.717, 1.165) is 0 Å². The second kappa shape index (κ2) is 10.6. The average molecular weight is 194 g/mol. The molecule has 0 amide bonds. The summed E-state index contributed by atoms with van der Waals surface area (Å²) >= 11 is 0. The second-order valence-corrected chi connectivity index (χ2v) is 1.26. The number of nitrogens with one attached hydrogen (secondary N) is 2. The predicted molar refractivity (Wildman–Crippen MR) is 43.9 cm³/mol. The van der Waals surface area contributed by atoms with Crippen molar-refractivity contribution in [2.75, 3.05) is 14.1 Å². The first-order chi connectivity index (χ1) is 3.91. The molecule has 0 radical (unpaired) electrons. The molecule has 1 heterocycles. The van der Waals surface area contributed by atoms with Crippen molar-refractivity contribution in [1.82, 2.24) is 15.3 Å². The van der Waals surface area contributed by atoms with Gasteiger partial charge in [0.15, 0.2) is 0 Å². The molecule has 0 spiro atoms. The van der Waals surface area contributed by atoms with Gasteiger partial charge in [-0.1, -0.05) is 0 Å². The van der Waals surface area contributed by atoms with E-state index < -0.39 is 0 Å². The Morgan fingerprint density at radius 2 is 2.00 bits per heavy atom. The molecule has 0 aliphatic heterocycles. The highest BCUT2D eigenvalue weighted by molar-refractivity contribution is 8.93. The van der Waals surface area contributed by atoms with Gasteiger partial charge in [-0.15, -0.1) is 17.0 Å². The molecule has 0 aliphatic rings. The minimum Gasteiger partial charge on any atom is -0.351 e. The van der Waals surface area contributed by atoms with Gasteiger partial charge in [0.2, 0.25) is 0 Å². The van der Waals surface area contributed by atoms with Crippen LogP contribution < -0.4 is 5.32 Å². The van der Waals surface area contributed by atoms with Crippen LogP contribution in [-0.2, 0) is 0 Å². The number of hydrogen-bond donors (Lipinski definition) is 2. The topological polar surface area (TPSA) is 40.7 Å². The molecule has 0 atom stereocenters. The number of halogens is 1. The van der Waals surface area contributed by atoms with Crippen LogP contribution in [0.4, 0.5) is 0 Å². The molecule has 0 unspecified atom stereocenters. The van der Waals surface area contributed by atoms with E-state index in [-0.39, 0.29) is 17.0 Å². The van der Waals surface area contributed by atoms with E-state index in [4.69, 9.17) is 0 Å². The summed E-state index contributed by atoms with van der Waals surface area (Å²) in [5.74, 6) is 0. The van der Waals surface area contributed by atoms with Crippen molar-refractivity contribution in [3.05, 3.63) is 18.7 Å². The zero-order valence-corrected chi connectivity index (χ0v) is 7.30. The number of H-pyrrole nitrogens is 1. The molecule has 9 heavy (non-hydrogen) atoms. The van der Waals surface area contributed by atoms with Crippen LogP contribution >= 0.6 is 17.0 Å². The normalized spacial score (nSPS) is 6.44. The Balaban J connectivity index is 0. The number of rotatable bonds is 0. The Labute approximate surface area is 65.7 Å². The Morgan fingerprint density at radius 1 is 1.44 bits per heavy atom. The largest absolute Gasteiger partial charge is 0.351 e. The summed E-state index contributed by atoms with van der Waals surface area (Å²) in [4.78, 5) is 6.42. The van der Waals surface area contributed by atoms with Crippen molar-refractivity contribution in [3.8, 4) is 0 Å². The molecule has 0 bridgehead atoms. The van der Waals surface area contributed by atoms with Crippen LogP contribution in [0.3, 0.4) is 0 Å². The molecule has 1 aromatic rings. The van der Waals surface area contributed by atoms with Gasteiger partial charge in [0.25, 0.3) is 0 Å². The quantitative estimate of drug-likeness (QED) is 0.642. The van der Waals surface area contributed by atoms with Crippen molar-refractivity contribution in [2.45, 2.75) is 0 Å². The van der Waals surface area contributed by atoms with Crippen molar-refractivity contribution in [2.24, 2.45) is 0 Å². The van der Waals surface area contributed by atoms with Crippen molar-refractivity contribution in [3.63, 3.8) is 0 Å². The molecule has 2 N–H and O–H groups in total. The minimum absolute atomic E-state index is 0. The van der Waals surface area contributed by atoms with E-state index >= 15 is 0 Å². The highest BCUT2D eigenvalue weighted by Crippen LogP contribution is 1.62. The molecular weight excluding hydrogens is 182 g/mol. The molecule has 0 aromatic carbocycles. The molecule has 0 fully saturated rings. The van der Waals surface area contributed by atoms with Crippen LogP contribution in [-0.4, -0.2) is 24.1 Å². The van der Waals surface area contributed by atoms with Crippen LogP contribution in [0.2, 0.25) is 0 Å². The third-order valence-electron chi connectivity index (χ3n) is 0.406. The summed E-state index contributed by atoms with van der Waals surface area (Å²) in [6, 6.07) is 0. The lowest BCUT2D eigenvalue weighted by molar-refractivity contribution is 1.02. The Bertz CT molecular complexity index is 79.1. The fourth-order valence-electron chi connectivity index (χ4n) is 0.215. The lowest BCUT2D eigenvalue weighted by Gasteiger charge is -1.59. The van der Waals surface area contributed by atoms with Gasteiger partial charge in [-0.05, 0) is 14.1 Å².